The molecule has 0 bridgehead atoms. The molecule has 2 fully saturated rings. The van der Waals surface area contributed by atoms with Crippen LogP contribution in [0.25, 0.3) is 0 Å². The van der Waals surface area contributed by atoms with Crippen LogP contribution in [-0.4, -0.2) is 84.4 Å². The number of hydrogen-bond acceptors (Lipinski definition) is 6. The second-order valence-corrected chi connectivity index (χ2v) is 11.1. The Kier molecular flexibility index (Phi) is 8.64. The fourth-order valence-electron chi connectivity index (χ4n) is 4.92. The summed E-state index contributed by atoms with van der Waals surface area (Å²) >= 11 is 0. The van der Waals surface area contributed by atoms with Crippen molar-refractivity contribution in [3.63, 3.8) is 0 Å². The Morgan fingerprint density at radius 2 is 1.75 bits per heavy atom. The average Bonchev–Trinajstić information content (AvgIpc) is 3.31. The van der Waals surface area contributed by atoms with Crippen molar-refractivity contribution in [3.8, 4) is 5.75 Å². The number of ether oxygens (including phenoxy) is 1. The number of sulfonamides is 1. The first-order valence-corrected chi connectivity index (χ1v) is 13.0. The summed E-state index contributed by atoms with van der Waals surface area (Å²) in [5.41, 5.74) is -0.308. The number of alkyl halides is 2. The van der Waals surface area contributed by atoms with E-state index < -0.39 is 21.5 Å². The summed E-state index contributed by atoms with van der Waals surface area (Å²) in [6.45, 7) is 1.38. The number of rotatable bonds is 7. The van der Waals surface area contributed by atoms with Gasteiger partial charge in [-0.2, -0.15) is 4.31 Å². The quantitative estimate of drug-likeness (QED) is 0.572. The van der Waals surface area contributed by atoms with Crippen LogP contribution in [0.15, 0.2) is 41.8 Å². The van der Waals surface area contributed by atoms with Gasteiger partial charge in [0.1, 0.15) is 5.75 Å². The predicted octanol–water partition coefficient (Wildman–Crippen LogP) is 2.53. The van der Waals surface area contributed by atoms with Crippen molar-refractivity contribution in [2.45, 2.75) is 42.2 Å². The van der Waals surface area contributed by atoms with Crippen molar-refractivity contribution in [3.05, 3.63) is 42.4 Å². The lowest BCUT2D eigenvalue weighted by molar-refractivity contribution is -0.0856. The summed E-state index contributed by atoms with van der Waals surface area (Å²) in [6.07, 6.45) is 2.76. The van der Waals surface area contributed by atoms with Gasteiger partial charge in [0.2, 0.25) is 5.92 Å². The van der Waals surface area contributed by atoms with Crippen LogP contribution in [0.3, 0.4) is 0 Å². The van der Waals surface area contributed by atoms with Gasteiger partial charge in [0, 0.05) is 64.3 Å². The number of carbonyl (C=O) groups is 1. The first-order valence-electron chi connectivity index (χ1n) is 11.6. The van der Waals surface area contributed by atoms with Crippen LogP contribution in [0, 0.1) is 0 Å². The highest BCUT2D eigenvalue weighted by atomic mass is 35.5. The van der Waals surface area contributed by atoms with E-state index in [0.29, 0.717) is 24.4 Å². The fraction of sp³-hybridized carbons (Fsp3) is 0.565. The number of imidazole rings is 1. The highest BCUT2D eigenvalue weighted by Gasteiger charge is 2.48. The lowest BCUT2D eigenvalue weighted by atomic mass is 9.78. The van der Waals surface area contributed by atoms with E-state index in [9.17, 15) is 22.0 Å². The molecule has 2 heterocycles. The third-order valence-corrected chi connectivity index (χ3v) is 8.82. The van der Waals surface area contributed by atoms with Gasteiger partial charge in [-0.25, -0.2) is 22.2 Å². The minimum absolute atomic E-state index is 0. The molecular weight excluding hydrogens is 516 g/mol. The predicted molar refractivity (Wildman–Crippen MR) is 132 cm³/mol. The lowest BCUT2D eigenvalue weighted by Gasteiger charge is -2.50. The number of amides is 1. The first kappa shape index (κ1) is 28.3. The second kappa shape index (κ2) is 11.0. The third kappa shape index (κ3) is 5.82. The molecule has 13 heteroatoms. The standard InChI is InChI=1S/C23H31F2N5O4S.ClH/c1-28-15-20(27-17-28)35(32,33)30-13-11-29(12-14-30)22(7-9-23(24,25)10-8-22)16-26-21(31)18-5-3-4-6-19(18)34-2;/h3-6,15,17H,7-14,16H2,1-2H3,(H,26,31);1H. The van der Waals surface area contributed by atoms with Crippen LogP contribution >= 0.6 is 12.4 Å². The van der Waals surface area contributed by atoms with Crippen LogP contribution in [-0.2, 0) is 17.1 Å². The van der Waals surface area contributed by atoms with E-state index in [1.807, 2.05) is 0 Å². The molecule has 1 aliphatic carbocycles. The van der Waals surface area contributed by atoms with Crippen LogP contribution in [0.1, 0.15) is 36.0 Å². The summed E-state index contributed by atoms with van der Waals surface area (Å²) in [7, 11) is -0.550. The number of aryl methyl sites for hydroxylation is 1. The van der Waals surface area contributed by atoms with E-state index in [2.05, 4.69) is 15.2 Å². The molecule has 2 aromatic rings. The Morgan fingerprint density at radius 3 is 2.33 bits per heavy atom. The zero-order valence-electron chi connectivity index (χ0n) is 20.3. The maximum atomic E-state index is 14.1. The summed E-state index contributed by atoms with van der Waals surface area (Å²) in [5.74, 6) is -2.64. The number of nitrogens with one attached hydrogen (secondary N) is 1. The Labute approximate surface area is 216 Å². The Morgan fingerprint density at radius 1 is 1.11 bits per heavy atom. The number of halogens is 3. The fourth-order valence-corrected chi connectivity index (χ4v) is 6.30. The van der Waals surface area contributed by atoms with E-state index in [4.69, 9.17) is 4.74 Å². The Balaban J connectivity index is 0.00000361. The molecule has 1 saturated carbocycles. The molecule has 1 aromatic heterocycles. The number of aromatic nitrogens is 2. The van der Waals surface area contributed by atoms with Crippen molar-refractivity contribution in [1.82, 2.24) is 24.1 Å². The van der Waals surface area contributed by atoms with Gasteiger partial charge >= 0.3 is 0 Å². The van der Waals surface area contributed by atoms with Crippen LogP contribution in [0.2, 0.25) is 0 Å². The highest BCUT2D eigenvalue weighted by Crippen LogP contribution is 2.42. The van der Waals surface area contributed by atoms with Gasteiger partial charge in [0.05, 0.1) is 19.0 Å². The first-order chi connectivity index (χ1) is 16.6. The molecule has 4 rings (SSSR count). The molecule has 0 spiro atoms. The molecule has 1 amide bonds. The molecule has 1 N–H and O–H groups in total. The van der Waals surface area contributed by atoms with Crippen LogP contribution in [0.5, 0.6) is 5.75 Å². The van der Waals surface area contributed by atoms with Crippen molar-refractivity contribution in [2.75, 3.05) is 39.8 Å². The third-order valence-electron chi connectivity index (χ3n) is 7.04. The molecule has 0 radical (unpaired) electrons. The molecule has 1 aromatic carbocycles. The second-order valence-electron chi connectivity index (χ2n) is 9.23. The SMILES string of the molecule is COc1ccccc1C(=O)NCC1(N2CCN(S(=O)(=O)c3cn(C)cn3)CC2)CCC(F)(F)CC1.Cl. The largest absolute Gasteiger partial charge is 0.496 e. The zero-order valence-corrected chi connectivity index (χ0v) is 22.0. The zero-order chi connectivity index (χ0) is 25.3. The number of para-hydroxylation sites is 1. The van der Waals surface area contributed by atoms with Crippen molar-refractivity contribution < 1.29 is 26.7 Å². The number of carbonyl (C=O) groups excluding carboxylic acids is 1. The molecule has 200 valence electrons. The summed E-state index contributed by atoms with van der Waals surface area (Å²) in [5, 5.41) is 2.92. The summed E-state index contributed by atoms with van der Waals surface area (Å²) in [6, 6.07) is 6.83. The molecule has 1 aliphatic heterocycles. The molecule has 2 aliphatic rings. The van der Waals surface area contributed by atoms with Gasteiger partial charge in [-0.15, -0.1) is 12.4 Å². The van der Waals surface area contributed by atoms with E-state index in [1.165, 1.54) is 23.9 Å². The summed E-state index contributed by atoms with van der Waals surface area (Å²) in [4.78, 5) is 18.9. The highest BCUT2D eigenvalue weighted by molar-refractivity contribution is 7.89. The van der Waals surface area contributed by atoms with Gasteiger partial charge in [0.25, 0.3) is 15.9 Å². The number of nitrogens with zero attached hydrogens (tertiary/aromatic N) is 4. The average molecular weight is 548 g/mol. The topological polar surface area (TPSA) is 96.8 Å². The van der Waals surface area contributed by atoms with Gasteiger partial charge in [0.15, 0.2) is 5.03 Å². The number of benzene rings is 1. The Bertz CT molecular complexity index is 1160. The molecule has 36 heavy (non-hydrogen) atoms. The maximum Gasteiger partial charge on any atom is 0.262 e. The molecular formula is C23H32ClF2N5O4S. The minimum Gasteiger partial charge on any atom is -0.496 e. The number of hydrogen-bond donors (Lipinski definition) is 1. The van der Waals surface area contributed by atoms with Gasteiger partial charge in [-0.3, -0.25) is 9.69 Å². The van der Waals surface area contributed by atoms with E-state index in [0.717, 1.165) is 0 Å². The number of piperazine rings is 1. The Hall–Kier alpha value is -2.28. The number of methoxy groups -OCH3 is 1. The van der Waals surface area contributed by atoms with E-state index in [-0.39, 0.29) is 68.7 Å². The van der Waals surface area contributed by atoms with Crippen LogP contribution < -0.4 is 10.1 Å². The summed E-state index contributed by atoms with van der Waals surface area (Å²) < 4.78 is 62.2. The van der Waals surface area contributed by atoms with Crippen molar-refractivity contribution in [2.24, 2.45) is 7.05 Å². The van der Waals surface area contributed by atoms with E-state index in [1.54, 1.807) is 35.9 Å². The molecule has 9 nitrogen and oxygen atoms in total. The monoisotopic (exact) mass is 547 g/mol. The molecule has 0 unspecified atom stereocenters. The van der Waals surface area contributed by atoms with Crippen molar-refractivity contribution in [1.29, 1.82) is 0 Å². The maximum absolute atomic E-state index is 14.1. The van der Waals surface area contributed by atoms with Crippen molar-refractivity contribution >= 4 is 28.3 Å². The van der Waals surface area contributed by atoms with Gasteiger partial charge in [-0.05, 0) is 25.0 Å². The molecule has 1 saturated heterocycles. The lowest BCUT2D eigenvalue weighted by Crippen LogP contribution is -2.63. The normalized spacial score (nSPS) is 20.3. The van der Waals surface area contributed by atoms with Gasteiger partial charge < -0.3 is 14.6 Å². The smallest absolute Gasteiger partial charge is 0.262 e. The van der Waals surface area contributed by atoms with E-state index >= 15 is 0 Å². The van der Waals surface area contributed by atoms with Crippen LogP contribution in [0.4, 0.5) is 8.78 Å². The van der Waals surface area contributed by atoms with Gasteiger partial charge in [-0.1, -0.05) is 12.1 Å². The minimum atomic E-state index is -3.73. The molecule has 0 atom stereocenters.